The molecule has 7 nitrogen and oxygen atoms in total. The molecular formula is C24H22N4O3. The number of nitrogens with zero attached hydrogens (tertiary/aromatic N) is 2. The Morgan fingerprint density at radius 3 is 2.68 bits per heavy atom. The molecule has 156 valence electrons. The minimum Gasteiger partial charge on any atom is -0.481 e. The number of anilines is 2. The molecule has 0 spiro atoms. The molecule has 4 aromatic rings. The maximum atomic E-state index is 12.8. The highest BCUT2D eigenvalue weighted by atomic mass is 16.5. The molecule has 7 heteroatoms. The lowest BCUT2D eigenvalue weighted by Crippen LogP contribution is -2.32. The normalized spacial score (nSPS) is 11.8. The SMILES string of the molecule is CCC(Oc1ccc2ccnc(N)c2c1)C(=O)Nc1ccc(-n2ccccc2=O)cc1. The molecule has 2 aromatic carbocycles. The van der Waals surface area contributed by atoms with Crippen molar-refractivity contribution in [2.75, 3.05) is 11.1 Å². The largest absolute Gasteiger partial charge is 0.481 e. The molecule has 4 rings (SSSR count). The molecule has 0 bridgehead atoms. The molecule has 1 amide bonds. The van der Waals surface area contributed by atoms with Gasteiger partial charge in [0.2, 0.25) is 0 Å². The second-order valence-corrected chi connectivity index (χ2v) is 7.04. The third kappa shape index (κ3) is 4.40. The van der Waals surface area contributed by atoms with Crippen LogP contribution in [0, 0.1) is 0 Å². The highest BCUT2D eigenvalue weighted by Crippen LogP contribution is 2.25. The summed E-state index contributed by atoms with van der Waals surface area (Å²) in [5.74, 6) is 0.706. The number of carbonyl (C=O) groups excluding carboxylic acids is 1. The molecule has 0 aliphatic rings. The maximum absolute atomic E-state index is 12.8. The molecule has 2 heterocycles. The van der Waals surface area contributed by atoms with Gasteiger partial charge in [-0.15, -0.1) is 0 Å². The zero-order valence-corrected chi connectivity index (χ0v) is 17.0. The molecule has 1 unspecified atom stereocenters. The van der Waals surface area contributed by atoms with Crippen LogP contribution in [0.4, 0.5) is 11.5 Å². The Bertz CT molecular complexity index is 1280. The van der Waals surface area contributed by atoms with Gasteiger partial charge >= 0.3 is 0 Å². The van der Waals surface area contributed by atoms with Crippen molar-refractivity contribution in [1.29, 1.82) is 0 Å². The summed E-state index contributed by atoms with van der Waals surface area (Å²) in [6.45, 7) is 1.88. The summed E-state index contributed by atoms with van der Waals surface area (Å²) >= 11 is 0. The standard InChI is InChI=1S/C24H22N4O3/c1-2-21(31-19-11-6-16-12-13-26-23(25)20(16)15-19)24(30)27-17-7-9-18(10-8-17)28-14-4-3-5-22(28)29/h3-15,21H,2H2,1H3,(H2,25,26)(H,27,30). The predicted octanol–water partition coefficient (Wildman–Crippen LogP) is 3.76. The van der Waals surface area contributed by atoms with E-state index in [1.807, 2.05) is 25.1 Å². The first-order valence-electron chi connectivity index (χ1n) is 9.95. The number of benzene rings is 2. The molecule has 0 aliphatic heterocycles. The van der Waals surface area contributed by atoms with Crippen LogP contribution < -0.4 is 21.3 Å². The first kappa shape index (κ1) is 20.2. The van der Waals surface area contributed by atoms with E-state index in [0.717, 1.165) is 10.8 Å². The number of hydrogen-bond acceptors (Lipinski definition) is 5. The fourth-order valence-electron chi connectivity index (χ4n) is 3.30. The van der Waals surface area contributed by atoms with Gasteiger partial charge < -0.3 is 15.8 Å². The number of fused-ring (bicyclic) bond motifs is 1. The Balaban J connectivity index is 1.47. The fraction of sp³-hybridized carbons (Fsp3) is 0.125. The van der Waals surface area contributed by atoms with Crippen molar-refractivity contribution in [1.82, 2.24) is 9.55 Å². The van der Waals surface area contributed by atoms with Crippen molar-refractivity contribution in [3.05, 3.63) is 89.5 Å². The molecule has 1 atom stereocenters. The number of ether oxygens (including phenoxy) is 1. The van der Waals surface area contributed by atoms with Crippen molar-refractivity contribution in [2.45, 2.75) is 19.4 Å². The molecule has 0 radical (unpaired) electrons. The van der Waals surface area contributed by atoms with Gasteiger partial charge in [-0.1, -0.05) is 19.1 Å². The minimum atomic E-state index is -0.674. The van der Waals surface area contributed by atoms with Gasteiger partial charge in [-0.05, 0) is 60.3 Å². The molecule has 3 N–H and O–H groups in total. The van der Waals surface area contributed by atoms with Crippen LogP contribution in [-0.2, 0) is 4.79 Å². The summed E-state index contributed by atoms with van der Waals surface area (Å²) in [5, 5.41) is 4.60. The molecular weight excluding hydrogens is 392 g/mol. The third-order valence-corrected chi connectivity index (χ3v) is 4.95. The Kier molecular flexibility index (Phi) is 5.66. The van der Waals surface area contributed by atoms with Crippen molar-refractivity contribution < 1.29 is 9.53 Å². The predicted molar refractivity (Wildman–Crippen MR) is 122 cm³/mol. The molecule has 0 saturated carbocycles. The van der Waals surface area contributed by atoms with E-state index in [4.69, 9.17) is 10.5 Å². The average molecular weight is 414 g/mol. The number of pyridine rings is 2. The van der Waals surface area contributed by atoms with E-state index in [1.54, 1.807) is 54.9 Å². The molecule has 0 fully saturated rings. The van der Waals surface area contributed by atoms with Gasteiger partial charge in [0.1, 0.15) is 11.6 Å². The lowest BCUT2D eigenvalue weighted by Gasteiger charge is -2.18. The molecule has 0 saturated heterocycles. The summed E-state index contributed by atoms with van der Waals surface area (Å²) in [4.78, 5) is 28.8. The number of nitrogens with one attached hydrogen (secondary N) is 1. The van der Waals surface area contributed by atoms with Crippen LogP contribution in [0.3, 0.4) is 0 Å². The molecule has 31 heavy (non-hydrogen) atoms. The van der Waals surface area contributed by atoms with Crippen LogP contribution >= 0.6 is 0 Å². The van der Waals surface area contributed by atoms with E-state index >= 15 is 0 Å². The lowest BCUT2D eigenvalue weighted by molar-refractivity contribution is -0.122. The van der Waals surface area contributed by atoms with E-state index in [0.29, 0.717) is 29.4 Å². The maximum Gasteiger partial charge on any atom is 0.265 e. The third-order valence-electron chi connectivity index (χ3n) is 4.95. The Morgan fingerprint density at radius 2 is 1.94 bits per heavy atom. The van der Waals surface area contributed by atoms with Gasteiger partial charge in [-0.3, -0.25) is 14.2 Å². The van der Waals surface area contributed by atoms with Gasteiger partial charge in [-0.2, -0.15) is 0 Å². The van der Waals surface area contributed by atoms with E-state index in [-0.39, 0.29) is 11.5 Å². The van der Waals surface area contributed by atoms with E-state index < -0.39 is 6.10 Å². The van der Waals surface area contributed by atoms with Crippen LogP contribution in [0.15, 0.2) is 83.9 Å². The number of aromatic nitrogens is 2. The van der Waals surface area contributed by atoms with E-state index in [2.05, 4.69) is 10.3 Å². The van der Waals surface area contributed by atoms with Crippen molar-refractivity contribution >= 4 is 28.2 Å². The number of amides is 1. The van der Waals surface area contributed by atoms with Crippen LogP contribution in [0.2, 0.25) is 0 Å². The number of hydrogen-bond donors (Lipinski definition) is 2. The van der Waals surface area contributed by atoms with E-state index in [9.17, 15) is 9.59 Å². The second kappa shape index (κ2) is 8.71. The van der Waals surface area contributed by atoms with E-state index in [1.165, 1.54) is 10.6 Å². The van der Waals surface area contributed by atoms with Crippen LogP contribution in [-0.4, -0.2) is 21.6 Å². The number of carbonyl (C=O) groups is 1. The number of nitrogens with two attached hydrogens (primary N) is 1. The molecule has 0 aliphatic carbocycles. The smallest absolute Gasteiger partial charge is 0.265 e. The monoisotopic (exact) mass is 414 g/mol. The van der Waals surface area contributed by atoms with Crippen LogP contribution in [0.25, 0.3) is 16.5 Å². The first-order chi connectivity index (χ1) is 15.0. The Labute approximate surface area is 179 Å². The topological polar surface area (TPSA) is 99.2 Å². The molecule has 2 aromatic heterocycles. The van der Waals surface area contributed by atoms with Crippen molar-refractivity contribution in [2.24, 2.45) is 0 Å². The second-order valence-electron chi connectivity index (χ2n) is 7.04. The highest BCUT2D eigenvalue weighted by Gasteiger charge is 2.19. The van der Waals surface area contributed by atoms with Gasteiger partial charge in [0.15, 0.2) is 6.10 Å². The average Bonchev–Trinajstić information content (AvgIpc) is 2.79. The van der Waals surface area contributed by atoms with Gasteiger partial charge in [0.25, 0.3) is 11.5 Å². The summed E-state index contributed by atoms with van der Waals surface area (Å²) in [7, 11) is 0. The van der Waals surface area contributed by atoms with Gasteiger partial charge in [0, 0.05) is 35.2 Å². The fourth-order valence-corrected chi connectivity index (χ4v) is 3.30. The van der Waals surface area contributed by atoms with Crippen molar-refractivity contribution in [3.63, 3.8) is 0 Å². The summed E-state index contributed by atoms with van der Waals surface area (Å²) in [5.41, 5.74) is 7.16. The number of rotatable bonds is 6. The quantitative estimate of drug-likeness (QED) is 0.500. The van der Waals surface area contributed by atoms with Gasteiger partial charge in [-0.25, -0.2) is 4.98 Å². The number of nitrogen functional groups attached to an aromatic ring is 1. The summed E-state index contributed by atoms with van der Waals surface area (Å²) in [6.07, 6.45) is 3.17. The summed E-state index contributed by atoms with van der Waals surface area (Å²) in [6, 6.07) is 19.4. The zero-order chi connectivity index (χ0) is 21.8. The van der Waals surface area contributed by atoms with Gasteiger partial charge in [0.05, 0.1) is 0 Å². The highest BCUT2D eigenvalue weighted by molar-refractivity contribution is 5.95. The first-order valence-corrected chi connectivity index (χ1v) is 9.95. The minimum absolute atomic E-state index is 0.120. The zero-order valence-electron chi connectivity index (χ0n) is 17.0. The van der Waals surface area contributed by atoms with Crippen molar-refractivity contribution in [3.8, 4) is 11.4 Å². The summed E-state index contributed by atoms with van der Waals surface area (Å²) < 4.78 is 7.46. The van der Waals surface area contributed by atoms with Crippen LogP contribution in [0.1, 0.15) is 13.3 Å². The van der Waals surface area contributed by atoms with Crippen LogP contribution in [0.5, 0.6) is 5.75 Å². The Morgan fingerprint density at radius 1 is 1.13 bits per heavy atom. The Hall–Kier alpha value is -4.13. The lowest BCUT2D eigenvalue weighted by atomic mass is 10.1.